The van der Waals surface area contributed by atoms with Crippen LogP contribution in [0.3, 0.4) is 0 Å². The molecule has 1 saturated heterocycles. The first-order chi connectivity index (χ1) is 14.7. The zero-order valence-electron chi connectivity index (χ0n) is 17.3. The summed E-state index contributed by atoms with van der Waals surface area (Å²) in [5.41, 5.74) is -0.0626. The first-order valence-corrected chi connectivity index (χ1v) is 10.6. The number of carbonyl (C=O) groups is 1. The van der Waals surface area contributed by atoms with Gasteiger partial charge >= 0.3 is 5.69 Å². The molecule has 0 atom stereocenters. The molecule has 1 saturated carbocycles. The Morgan fingerprint density at radius 1 is 1.03 bits per heavy atom. The summed E-state index contributed by atoms with van der Waals surface area (Å²) in [6, 6.07) is 1.82. The van der Waals surface area contributed by atoms with E-state index < -0.39 is 29.2 Å². The third-order valence-electron chi connectivity index (χ3n) is 6.65. The van der Waals surface area contributed by atoms with E-state index >= 15 is 0 Å². The monoisotopic (exact) mass is 442 g/mol. The highest BCUT2D eigenvalue weighted by atomic mass is 19.3. The molecule has 2 aromatic rings. The van der Waals surface area contributed by atoms with Crippen molar-refractivity contribution in [2.75, 3.05) is 20.1 Å². The minimum Gasteiger partial charge on any atom is -0.358 e. The van der Waals surface area contributed by atoms with E-state index in [4.69, 9.17) is 0 Å². The third kappa shape index (κ3) is 4.22. The number of hydrogen-bond donors (Lipinski definition) is 1. The van der Waals surface area contributed by atoms with Crippen LogP contribution in [-0.2, 0) is 11.3 Å². The molecule has 10 heteroatoms. The Morgan fingerprint density at radius 3 is 2.19 bits per heavy atom. The first-order valence-electron chi connectivity index (χ1n) is 10.6. The maximum Gasteiger partial charge on any atom is 0.329 e. The van der Waals surface area contributed by atoms with E-state index in [1.165, 1.54) is 11.6 Å². The zero-order valence-corrected chi connectivity index (χ0v) is 17.3. The van der Waals surface area contributed by atoms with E-state index in [-0.39, 0.29) is 42.5 Å². The molecule has 0 bridgehead atoms. The molecule has 2 aliphatic rings. The average molecular weight is 442 g/mol. The number of hydrogen-bond acceptors (Lipinski definition) is 3. The lowest BCUT2D eigenvalue weighted by atomic mass is 9.89. The smallest absolute Gasteiger partial charge is 0.329 e. The number of imidazole rings is 1. The van der Waals surface area contributed by atoms with Crippen molar-refractivity contribution >= 4 is 16.9 Å². The number of rotatable bonds is 4. The van der Waals surface area contributed by atoms with E-state index in [0.29, 0.717) is 38.8 Å². The molecule has 4 rings (SSSR count). The summed E-state index contributed by atoms with van der Waals surface area (Å²) in [6.45, 7) is 0.983. The van der Waals surface area contributed by atoms with Crippen molar-refractivity contribution in [3.8, 4) is 0 Å². The lowest BCUT2D eigenvalue weighted by Crippen LogP contribution is -2.46. The third-order valence-corrected chi connectivity index (χ3v) is 6.65. The van der Waals surface area contributed by atoms with Gasteiger partial charge in [-0.05, 0) is 25.7 Å². The number of nitrogens with one attached hydrogen (secondary N) is 1. The lowest BCUT2D eigenvalue weighted by molar-refractivity contribution is -0.121. The van der Waals surface area contributed by atoms with Gasteiger partial charge in [-0.15, -0.1) is 0 Å². The molecule has 1 amide bonds. The topological polar surface area (TPSA) is 59.3 Å². The van der Waals surface area contributed by atoms with Gasteiger partial charge in [0.1, 0.15) is 6.54 Å². The highest BCUT2D eigenvalue weighted by Gasteiger charge is 2.38. The fraction of sp³-hybridized carbons (Fsp3) is 0.619. The van der Waals surface area contributed by atoms with Gasteiger partial charge in [-0.3, -0.25) is 13.9 Å². The molecule has 1 N–H and O–H groups in total. The Hall–Kier alpha value is -2.36. The van der Waals surface area contributed by atoms with Gasteiger partial charge in [0.05, 0.1) is 11.0 Å². The standard InChI is InChI=1S/C21H26F4N4O2/c1-26-19(30)12-28-17-10-15(22)16(23)11-18(17)29(20(28)31)14-4-8-27(9-5-14)13-2-6-21(24,25)7-3-13/h10-11,13-14H,2-9,12H2,1H3,(H,26,30). The quantitative estimate of drug-likeness (QED) is 0.741. The maximum absolute atomic E-state index is 14.0. The van der Waals surface area contributed by atoms with Crippen molar-refractivity contribution in [3.05, 3.63) is 34.3 Å². The number of nitrogens with zero attached hydrogens (tertiary/aromatic N) is 3. The summed E-state index contributed by atoms with van der Waals surface area (Å²) in [4.78, 5) is 27.2. The van der Waals surface area contributed by atoms with Crippen molar-refractivity contribution in [3.63, 3.8) is 0 Å². The number of alkyl halides is 2. The summed E-state index contributed by atoms with van der Waals surface area (Å²) in [7, 11) is 1.43. The largest absolute Gasteiger partial charge is 0.358 e. The second kappa shape index (κ2) is 8.29. The highest BCUT2D eigenvalue weighted by molar-refractivity contribution is 5.81. The molecule has 0 spiro atoms. The van der Waals surface area contributed by atoms with E-state index in [0.717, 1.165) is 16.7 Å². The zero-order chi connectivity index (χ0) is 22.3. The lowest BCUT2D eigenvalue weighted by Gasteiger charge is -2.40. The van der Waals surface area contributed by atoms with Gasteiger partial charge in [-0.1, -0.05) is 0 Å². The number of fused-ring (bicyclic) bond motifs is 1. The van der Waals surface area contributed by atoms with Crippen LogP contribution in [0.15, 0.2) is 16.9 Å². The average Bonchev–Trinajstić information content (AvgIpc) is 2.99. The van der Waals surface area contributed by atoms with Gasteiger partial charge in [-0.2, -0.15) is 0 Å². The molecule has 2 fully saturated rings. The van der Waals surface area contributed by atoms with Crippen LogP contribution in [0.1, 0.15) is 44.6 Å². The number of halogens is 4. The Morgan fingerprint density at radius 2 is 1.61 bits per heavy atom. The molecule has 6 nitrogen and oxygen atoms in total. The molecular weight excluding hydrogens is 416 g/mol. The normalized spacial score (nSPS) is 20.9. The molecule has 0 radical (unpaired) electrons. The predicted molar refractivity (Wildman–Crippen MR) is 107 cm³/mol. The van der Waals surface area contributed by atoms with Crippen LogP contribution in [-0.4, -0.2) is 52.0 Å². The van der Waals surface area contributed by atoms with Crippen LogP contribution in [0.5, 0.6) is 0 Å². The van der Waals surface area contributed by atoms with E-state index in [9.17, 15) is 27.2 Å². The molecule has 1 aliphatic carbocycles. The molecular formula is C21H26F4N4O2. The number of likely N-dealkylation sites (tertiary alicyclic amines) is 1. The van der Waals surface area contributed by atoms with Gasteiger partial charge in [-0.25, -0.2) is 22.4 Å². The van der Waals surface area contributed by atoms with Crippen molar-refractivity contribution in [1.82, 2.24) is 19.4 Å². The Kier molecular flexibility index (Phi) is 5.85. The number of amides is 1. The minimum absolute atomic E-state index is 0.102. The minimum atomic E-state index is -2.58. The predicted octanol–water partition coefficient (Wildman–Crippen LogP) is 3.04. The molecule has 2 heterocycles. The number of aromatic nitrogens is 2. The van der Waals surface area contributed by atoms with Crippen molar-refractivity contribution < 1.29 is 22.4 Å². The molecule has 0 unspecified atom stereocenters. The second-order valence-corrected chi connectivity index (χ2v) is 8.52. The Labute approximate surface area is 176 Å². The Bertz CT molecular complexity index is 1030. The maximum atomic E-state index is 14.0. The number of piperidine rings is 1. The molecule has 1 aromatic carbocycles. The van der Waals surface area contributed by atoms with Crippen LogP contribution in [0.25, 0.3) is 11.0 Å². The molecule has 31 heavy (non-hydrogen) atoms. The fourth-order valence-corrected chi connectivity index (χ4v) is 4.90. The summed E-state index contributed by atoms with van der Waals surface area (Å²) >= 11 is 0. The van der Waals surface area contributed by atoms with Crippen LogP contribution < -0.4 is 11.0 Å². The van der Waals surface area contributed by atoms with Crippen LogP contribution >= 0.6 is 0 Å². The molecule has 1 aliphatic heterocycles. The first kappa shape index (κ1) is 21.9. The highest BCUT2D eigenvalue weighted by Crippen LogP contribution is 2.37. The van der Waals surface area contributed by atoms with Crippen molar-refractivity contribution in [2.45, 2.75) is 63.1 Å². The van der Waals surface area contributed by atoms with Crippen LogP contribution in [0, 0.1) is 11.6 Å². The number of benzene rings is 1. The van der Waals surface area contributed by atoms with Gasteiger partial charge in [0.25, 0.3) is 0 Å². The molecule has 1 aromatic heterocycles. The van der Waals surface area contributed by atoms with Crippen molar-refractivity contribution in [1.29, 1.82) is 0 Å². The second-order valence-electron chi connectivity index (χ2n) is 8.52. The summed E-state index contributed by atoms with van der Waals surface area (Å²) < 4.78 is 57.4. The fourth-order valence-electron chi connectivity index (χ4n) is 4.90. The number of carbonyl (C=O) groups excluding carboxylic acids is 1. The van der Waals surface area contributed by atoms with Gasteiger partial charge < -0.3 is 10.2 Å². The SMILES string of the molecule is CNC(=O)Cn1c(=O)n(C2CCN(C3CCC(F)(F)CC3)CC2)c2cc(F)c(F)cc21. The Balaban J connectivity index is 1.59. The van der Waals surface area contributed by atoms with E-state index in [1.54, 1.807) is 0 Å². The van der Waals surface area contributed by atoms with Crippen LogP contribution in [0.4, 0.5) is 17.6 Å². The van der Waals surface area contributed by atoms with Gasteiger partial charge in [0.15, 0.2) is 11.6 Å². The van der Waals surface area contributed by atoms with Crippen LogP contribution in [0.2, 0.25) is 0 Å². The van der Waals surface area contributed by atoms with Gasteiger partial charge in [0, 0.05) is 57.2 Å². The molecule has 170 valence electrons. The summed E-state index contributed by atoms with van der Waals surface area (Å²) in [5.74, 6) is -5.14. The van der Waals surface area contributed by atoms with Crippen molar-refractivity contribution in [2.24, 2.45) is 0 Å². The number of likely N-dealkylation sites (N-methyl/N-ethyl adjacent to an activating group) is 1. The summed E-state index contributed by atoms with van der Waals surface area (Å²) in [5, 5.41) is 2.43. The van der Waals surface area contributed by atoms with Gasteiger partial charge in [0.2, 0.25) is 11.8 Å². The van der Waals surface area contributed by atoms with E-state index in [2.05, 4.69) is 10.2 Å². The summed E-state index contributed by atoms with van der Waals surface area (Å²) in [6.07, 6.45) is 1.88. The van der Waals surface area contributed by atoms with E-state index in [1.807, 2.05) is 0 Å².